The third-order valence-electron chi connectivity index (χ3n) is 3.40. The average molecular weight is 328 g/mol. The van der Waals surface area contributed by atoms with Gasteiger partial charge in [-0.3, -0.25) is 4.79 Å². The summed E-state index contributed by atoms with van der Waals surface area (Å²) in [5.41, 5.74) is 1.66. The second kappa shape index (κ2) is 7.02. The summed E-state index contributed by atoms with van der Waals surface area (Å²) in [5, 5.41) is 14.6. The maximum absolute atomic E-state index is 12.7. The van der Waals surface area contributed by atoms with Crippen LogP contribution in [0, 0.1) is 0 Å². The first-order valence-electron chi connectivity index (χ1n) is 7.04. The predicted octanol–water partition coefficient (Wildman–Crippen LogP) is 2.23. The molecule has 6 nitrogen and oxygen atoms in total. The van der Waals surface area contributed by atoms with Gasteiger partial charge in [0.15, 0.2) is 6.04 Å². The highest BCUT2D eigenvalue weighted by molar-refractivity contribution is 6.31. The fourth-order valence-corrected chi connectivity index (χ4v) is 2.47. The summed E-state index contributed by atoms with van der Waals surface area (Å²) in [6.45, 7) is 0.337. The lowest BCUT2D eigenvalue weighted by atomic mass is 10.1. The van der Waals surface area contributed by atoms with Crippen molar-refractivity contribution in [2.75, 3.05) is 0 Å². The number of aromatic nitrogens is 4. The van der Waals surface area contributed by atoms with Gasteiger partial charge in [-0.1, -0.05) is 60.1 Å². The predicted molar refractivity (Wildman–Crippen MR) is 85.7 cm³/mol. The van der Waals surface area contributed by atoms with Gasteiger partial charge in [0, 0.05) is 11.6 Å². The smallest absolute Gasteiger partial charge is 0.249 e. The Labute approximate surface area is 138 Å². The summed E-state index contributed by atoms with van der Waals surface area (Å²) >= 11 is 6.11. The van der Waals surface area contributed by atoms with E-state index in [-0.39, 0.29) is 5.91 Å². The fraction of sp³-hybridized carbons (Fsp3) is 0.125. The molecule has 1 amide bonds. The number of carbonyl (C=O) groups is 1. The van der Waals surface area contributed by atoms with E-state index in [4.69, 9.17) is 11.6 Å². The molecule has 2 aromatic carbocycles. The molecule has 1 heterocycles. The van der Waals surface area contributed by atoms with Crippen LogP contribution in [0.5, 0.6) is 0 Å². The zero-order chi connectivity index (χ0) is 16.1. The van der Waals surface area contributed by atoms with E-state index < -0.39 is 6.04 Å². The first kappa shape index (κ1) is 15.2. The van der Waals surface area contributed by atoms with Crippen LogP contribution < -0.4 is 5.32 Å². The number of halogens is 1. The van der Waals surface area contributed by atoms with Gasteiger partial charge < -0.3 is 5.32 Å². The molecule has 0 radical (unpaired) electrons. The topological polar surface area (TPSA) is 72.7 Å². The molecule has 1 atom stereocenters. The number of nitrogens with zero attached hydrogens (tertiary/aromatic N) is 4. The second-order valence-corrected chi connectivity index (χ2v) is 5.32. The quantitative estimate of drug-likeness (QED) is 0.780. The van der Waals surface area contributed by atoms with Crippen LogP contribution in [0.2, 0.25) is 5.02 Å². The van der Waals surface area contributed by atoms with Crippen molar-refractivity contribution < 1.29 is 4.79 Å². The molecule has 0 fully saturated rings. The standard InChI is InChI=1S/C16H14ClN5O/c17-14-9-5-4-8-13(14)10-18-16(23)15(22-11-19-20-21-22)12-6-2-1-3-7-12/h1-9,11,15H,10H2,(H,18,23)/t15-/m1/s1. The van der Waals surface area contributed by atoms with E-state index in [0.29, 0.717) is 11.6 Å². The van der Waals surface area contributed by atoms with Crippen molar-refractivity contribution in [2.45, 2.75) is 12.6 Å². The molecule has 0 spiro atoms. The molecule has 23 heavy (non-hydrogen) atoms. The summed E-state index contributed by atoms with van der Waals surface area (Å²) in [5.74, 6) is -0.205. The minimum absolute atomic E-state index is 0.205. The number of benzene rings is 2. The van der Waals surface area contributed by atoms with Crippen LogP contribution in [-0.4, -0.2) is 26.1 Å². The van der Waals surface area contributed by atoms with Crippen molar-refractivity contribution in [3.05, 3.63) is 77.1 Å². The molecule has 116 valence electrons. The maximum atomic E-state index is 12.7. The van der Waals surface area contributed by atoms with Crippen molar-refractivity contribution in [2.24, 2.45) is 0 Å². The van der Waals surface area contributed by atoms with E-state index in [1.165, 1.54) is 11.0 Å². The van der Waals surface area contributed by atoms with Crippen molar-refractivity contribution in [1.82, 2.24) is 25.5 Å². The van der Waals surface area contributed by atoms with E-state index >= 15 is 0 Å². The molecule has 0 bridgehead atoms. The summed E-state index contributed by atoms with van der Waals surface area (Å²) in [6, 6.07) is 16.1. The fourth-order valence-electron chi connectivity index (χ4n) is 2.27. The van der Waals surface area contributed by atoms with Crippen molar-refractivity contribution in [1.29, 1.82) is 0 Å². The number of amides is 1. The molecule has 1 aromatic heterocycles. The van der Waals surface area contributed by atoms with Crippen LogP contribution in [0.1, 0.15) is 17.2 Å². The number of carbonyl (C=O) groups excluding carboxylic acids is 1. The highest BCUT2D eigenvalue weighted by atomic mass is 35.5. The number of rotatable bonds is 5. The number of hydrogen-bond acceptors (Lipinski definition) is 4. The van der Waals surface area contributed by atoms with Gasteiger partial charge in [-0.15, -0.1) is 5.10 Å². The first-order valence-corrected chi connectivity index (χ1v) is 7.42. The van der Waals surface area contributed by atoms with Gasteiger partial charge in [-0.25, -0.2) is 4.68 Å². The van der Waals surface area contributed by atoms with E-state index in [2.05, 4.69) is 20.8 Å². The lowest BCUT2D eigenvalue weighted by Gasteiger charge is -2.17. The van der Waals surface area contributed by atoms with E-state index in [1.54, 1.807) is 6.07 Å². The van der Waals surface area contributed by atoms with Gasteiger partial charge in [-0.2, -0.15) is 0 Å². The van der Waals surface area contributed by atoms with Crippen LogP contribution in [0.25, 0.3) is 0 Å². The number of nitrogens with one attached hydrogen (secondary N) is 1. The lowest BCUT2D eigenvalue weighted by molar-refractivity contribution is -0.123. The second-order valence-electron chi connectivity index (χ2n) is 4.91. The van der Waals surface area contributed by atoms with Crippen molar-refractivity contribution in [3.8, 4) is 0 Å². The molecule has 0 unspecified atom stereocenters. The molecule has 0 aliphatic rings. The van der Waals surface area contributed by atoms with Crippen LogP contribution in [0.15, 0.2) is 60.9 Å². The Balaban J connectivity index is 1.80. The zero-order valence-corrected chi connectivity index (χ0v) is 12.9. The Hall–Kier alpha value is -2.73. The maximum Gasteiger partial charge on any atom is 0.249 e. The van der Waals surface area contributed by atoms with Crippen LogP contribution in [0.4, 0.5) is 0 Å². The van der Waals surface area contributed by atoms with Crippen molar-refractivity contribution >= 4 is 17.5 Å². The van der Waals surface area contributed by atoms with Crippen molar-refractivity contribution in [3.63, 3.8) is 0 Å². The monoisotopic (exact) mass is 327 g/mol. The Kier molecular flexibility index (Phi) is 4.63. The average Bonchev–Trinajstić information content (AvgIpc) is 3.09. The largest absolute Gasteiger partial charge is 0.350 e. The molecule has 3 aromatic rings. The highest BCUT2D eigenvalue weighted by Crippen LogP contribution is 2.18. The summed E-state index contributed by atoms with van der Waals surface area (Å²) in [6.07, 6.45) is 1.42. The van der Waals surface area contributed by atoms with Crippen LogP contribution >= 0.6 is 11.6 Å². The Morgan fingerprint density at radius 1 is 1.13 bits per heavy atom. The van der Waals surface area contributed by atoms with Gasteiger partial charge in [-0.05, 0) is 27.6 Å². The van der Waals surface area contributed by atoms with Crippen LogP contribution in [0.3, 0.4) is 0 Å². The summed E-state index contributed by atoms with van der Waals surface area (Å²) in [4.78, 5) is 12.7. The van der Waals surface area contributed by atoms with Crippen LogP contribution in [-0.2, 0) is 11.3 Å². The molecule has 7 heteroatoms. The highest BCUT2D eigenvalue weighted by Gasteiger charge is 2.23. The number of tetrazole rings is 1. The molecule has 3 rings (SSSR count). The molecule has 0 saturated carbocycles. The number of hydrogen-bond donors (Lipinski definition) is 1. The SMILES string of the molecule is O=C(NCc1ccccc1Cl)[C@@H](c1ccccc1)n1cnnn1. The lowest BCUT2D eigenvalue weighted by Crippen LogP contribution is -2.33. The minimum atomic E-state index is -0.631. The molecule has 0 aliphatic carbocycles. The van der Waals surface area contributed by atoms with Gasteiger partial charge in [0.2, 0.25) is 5.91 Å². The third kappa shape index (κ3) is 3.54. The molecular formula is C16H14ClN5O. The zero-order valence-electron chi connectivity index (χ0n) is 12.1. The van der Waals surface area contributed by atoms with Gasteiger partial charge in [0.05, 0.1) is 0 Å². The molecular weight excluding hydrogens is 314 g/mol. The molecule has 1 N–H and O–H groups in total. The minimum Gasteiger partial charge on any atom is -0.350 e. The Morgan fingerprint density at radius 2 is 1.87 bits per heavy atom. The Bertz CT molecular complexity index is 776. The molecule has 0 saturated heterocycles. The third-order valence-corrected chi connectivity index (χ3v) is 3.77. The van der Waals surface area contributed by atoms with Gasteiger partial charge >= 0.3 is 0 Å². The first-order chi connectivity index (χ1) is 11.3. The van der Waals surface area contributed by atoms with E-state index in [9.17, 15) is 4.79 Å². The molecule has 0 aliphatic heterocycles. The summed E-state index contributed by atoms with van der Waals surface area (Å²) in [7, 11) is 0. The van der Waals surface area contributed by atoms with Gasteiger partial charge in [0.25, 0.3) is 0 Å². The van der Waals surface area contributed by atoms with Gasteiger partial charge in [0.1, 0.15) is 6.33 Å². The van der Waals surface area contributed by atoms with E-state index in [0.717, 1.165) is 11.1 Å². The van der Waals surface area contributed by atoms with E-state index in [1.807, 2.05) is 48.5 Å². The normalized spacial score (nSPS) is 11.9. The summed E-state index contributed by atoms with van der Waals surface area (Å²) < 4.78 is 1.43. The Morgan fingerprint density at radius 3 is 2.57 bits per heavy atom.